The van der Waals surface area contributed by atoms with Crippen LogP contribution in [0.2, 0.25) is 0 Å². The summed E-state index contributed by atoms with van der Waals surface area (Å²) in [4.78, 5) is 0. The molecule has 0 aromatic heterocycles. The zero-order valence-corrected chi connectivity index (χ0v) is 12.3. The number of ether oxygens (including phenoxy) is 1. The van der Waals surface area contributed by atoms with E-state index in [4.69, 9.17) is 9.84 Å². The molecule has 0 bridgehead atoms. The van der Waals surface area contributed by atoms with Crippen molar-refractivity contribution in [3.05, 3.63) is 29.8 Å². The lowest BCUT2D eigenvalue weighted by molar-refractivity contribution is 0.113. The van der Waals surface area contributed by atoms with E-state index in [0.29, 0.717) is 5.75 Å². The lowest BCUT2D eigenvalue weighted by Gasteiger charge is -2.19. The summed E-state index contributed by atoms with van der Waals surface area (Å²) in [5.74, 6) is 2.26. The molecule has 4 nitrogen and oxygen atoms in total. The summed E-state index contributed by atoms with van der Waals surface area (Å²) in [5.41, 5.74) is 1.20. The van der Waals surface area contributed by atoms with Gasteiger partial charge >= 0.3 is 0 Å². The largest absolute Gasteiger partial charge is 0.497 e. The van der Waals surface area contributed by atoms with Crippen LogP contribution in [0, 0.1) is 0 Å². The van der Waals surface area contributed by atoms with Crippen molar-refractivity contribution in [2.24, 2.45) is 0 Å². The molecule has 19 heavy (non-hydrogen) atoms. The van der Waals surface area contributed by atoms with Crippen molar-refractivity contribution in [2.75, 3.05) is 31.8 Å². The standard InChI is InChI=1S/C14H23NO3S/c1-3-15-14(10-19-9-12(17)8-16)11-4-6-13(18-2)7-5-11/h4-7,12,14-17H,3,8-10H2,1-2H3. The van der Waals surface area contributed by atoms with Crippen LogP contribution >= 0.6 is 11.8 Å². The van der Waals surface area contributed by atoms with Gasteiger partial charge in [-0.05, 0) is 24.2 Å². The minimum absolute atomic E-state index is 0.179. The van der Waals surface area contributed by atoms with Crippen molar-refractivity contribution in [2.45, 2.75) is 19.1 Å². The number of hydrogen-bond acceptors (Lipinski definition) is 5. The Morgan fingerprint density at radius 2 is 1.95 bits per heavy atom. The number of aliphatic hydroxyl groups excluding tert-OH is 2. The summed E-state index contributed by atoms with van der Waals surface area (Å²) < 4.78 is 5.15. The van der Waals surface area contributed by atoms with E-state index in [1.165, 1.54) is 5.56 Å². The van der Waals surface area contributed by atoms with Crippen molar-refractivity contribution >= 4 is 11.8 Å². The molecule has 2 unspecified atom stereocenters. The molecule has 5 heteroatoms. The van der Waals surface area contributed by atoms with Crippen molar-refractivity contribution in [3.8, 4) is 5.75 Å². The van der Waals surface area contributed by atoms with Gasteiger partial charge in [-0.2, -0.15) is 11.8 Å². The number of hydrogen-bond donors (Lipinski definition) is 3. The van der Waals surface area contributed by atoms with Gasteiger partial charge in [0.1, 0.15) is 5.75 Å². The van der Waals surface area contributed by atoms with Crippen molar-refractivity contribution in [3.63, 3.8) is 0 Å². The predicted molar refractivity (Wildman–Crippen MR) is 79.8 cm³/mol. The first-order valence-corrected chi connectivity index (χ1v) is 7.60. The molecule has 1 aromatic rings. The molecule has 0 radical (unpaired) electrons. The number of benzene rings is 1. The van der Waals surface area contributed by atoms with Gasteiger partial charge in [-0.3, -0.25) is 0 Å². The Bertz CT molecular complexity index is 345. The normalized spacial score (nSPS) is 14.1. The number of methoxy groups -OCH3 is 1. The van der Waals surface area contributed by atoms with Gasteiger partial charge in [-0.15, -0.1) is 0 Å². The van der Waals surface area contributed by atoms with E-state index in [0.717, 1.165) is 18.0 Å². The van der Waals surface area contributed by atoms with E-state index in [1.54, 1.807) is 18.9 Å². The highest BCUT2D eigenvalue weighted by molar-refractivity contribution is 7.99. The minimum Gasteiger partial charge on any atom is -0.497 e. The molecule has 0 heterocycles. The molecule has 0 aliphatic carbocycles. The first-order valence-electron chi connectivity index (χ1n) is 6.45. The lowest BCUT2D eigenvalue weighted by Crippen LogP contribution is -2.24. The topological polar surface area (TPSA) is 61.7 Å². The molecule has 3 N–H and O–H groups in total. The van der Waals surface area contributed by atoms with E-state index < -0.39 is 6.10 Å². The van der Waals surface area contributed by atoms with Gasteiger partial charge < -0.3 is 20.3 Å². The molecule has 0 saturated heterocycles. The van der Waals surface area contributed by atoms with Gasteiger partial charge in [0.2, 0.25) is 0 Å². The van der Waals surface area contributed by atoms with E-state index >= 15 is 0 Å². The van der Waals surface area contributed by atoms with E-state index in [2.05, 4.69) is 24.4 Å². The average molecular weight is 285 g/mol. The van der Waals surface area contributed by atoms with Gasteiger partial charge in [0.05, 0.1) is 19.8 Å². The monoisotopic (exact) mass is 285 g/mol. The summed E-state index contributed by atoms with van der Waals surface area (Å²) in [6, 6.07) is 8.25. The van der Waals surface area contributed by atoms with Gasteiger partial charge in [0.25, 0.3) is 0 Å². The summed E-state index contributed by atoms with van der Waals surface area (Å²) in [7, 11) is 1.66. The van der Waals surface area contributed by atoms with Crippen LogP contribution < -0.4 is 10.1 Å². The van der Waals surface area contributed by atoms with Crippen molar-refractivity contribution < 1.29 is 14.9 Å². The molecule has 1 rings (SSSR count). The Kier molecular flexibility index (Phi) is 7.90. The molecule has 0 aliphatic heterocycles. The fourth-order valence-corrected chi connectivity index (χ4v) is 2.79. The molecule has 0 aliphatic rings. The Labute approximate surface area is 119 Å². The molecule has 0 spiro atoms. The highest BCUT2D eigenvalue weighted by Gasteiger charge is 2.11. The van der Waals surface area contributed by atoms with Crippen molar-refractivity contribution in [1.29, 1.82) is 0 Å². The fraction of sp³-hybridized carbons (Fsp3) is 0.571. The minimum atomic E-state index is -0.636. The van der Waals surface area contributed by atoms with Crippen molar-refractivity contribution in [1.82, 2.24) is 5.32 Å². The molecule has 2 atom stereocenters. The smallest absolute Gasteiger partial charge is 0.118 e. The Hall–Kier alpha value is -0.750. The first-order chi connectivity index (χ1) is 9.21. The van der Waals surface area contributed by atoms with Gasteiger partial charge in [-0.1, -0.05) is 19.1 Å². The second-order valence-electron chi connectivity index (χ2n) is 4.26. The third-order valence-corrected chi connectivity index (χ3v) is 3.96. The number of thioether (sulfide) groups is 1. The molecule has 0 amide bonds. The Balaban J connectivity index is 2.55. The Morgan fingerprint density at radius 3 is 2.47 bits per heavy atom. The van der Waals surface area contributed by atoms with Crippen LogP contribution in [0.15, 0.2) is 24.3 Å². The third kappa shape index (κ3) is 5.82. The highest BCUT2D eigenvalue weighted by Crippen LogP contribution is 2.21. The van der Waals surface area contributed by atoms with Crippen LogP contribution in [0.25, 0.3) is 0 Å². The van der Waals surface area contributed by atoms with Gasteiger partial charge in [0, 0.05) is 17.5 Å². The maximum atomic E-state index is 9.33. The van der Waals surface area contributed by atoms with E-state index in [1.807, 2.05) is 12.1 Å². The van der Waals surface area contributed by atoms with E-state index in [-0.39, 0.29) is 12.6 Å². The average Bonchev–Trinajstić information content (AvgIpc) is 2.46. The first kappa shape index (κ1) is 16.3. The second kappa shape index (κ2) is 9.20. The quantitative estimate of drug-likeness (QED) is 0.641. The van der Waals surface area contributed by atoms with Gasteiger partial charge in [-0.25, -0.2) is 0 Å². The molecule has 0 fully saturated rings. The lowest BCUT2D eigenvalue weighted by atomic mass is 10.1. The van der Waals surface area contributed by atoms with Crippen LogP contribution in [0.3, 0.4) is 0 Å². The second-order valence-corrected chi connectivity index (χ2v) is 5.33. The Morgan fingerprint density at radius 1 is 1.26 bits per heavy atom. The van der Waals surface area contributed by atoms with Gasteiger partial charge in [0.15, 0.2) is 0 Å². The predicted octanol–water partition coefficient (Wildman–Crippen LogP) is 1.43. The third-order valence-electron chi connectivity index (χ3n) is 2.77. The molecule has 0 saturated carbocycles. The number of nitrogens with one attached hydrogen (secondary N) is 1. The highest BCUT2D eigenvalue weighted by atomic mass is 32.2. The van der Waals surface area contributed by atoms with E-state index in [9.17, 15) is 5.11 Å². The number of rotatable bonds is 9. The summed E-state index contributed by atoms with van der Waals surface area (Å²) >= 11 is 1.64. The molecule has 108 valence electrons. The SMILES string of the molecule is CCNC(CSCC(O)CO)c1ccc(OC)cc1. The molecular formula is C14H23NO3S. The summed E-state index contributed by atoms with van der Waals surface area (Å²) in [6.07, 6.45) is -0.636. The van der Waals surface area contributed by atoms with Crippen LogP contribution in [0.4, 0.5) is 0 Å². The number of aliphatic hydroxyl groups is 2. The molecular weight excluding hydrogens is 262 g/mol. The fourth-order valence-electron chi connectivity index (χ4n) is 1.73. The maximum Gasteiger partial charge on any atom is 0.118 e. The summed E-state index contributed by atoms with van der Waals surface area (Å²) in [6.45, 7) is 2.78. The zero-order chi connectivity index (χ0) is 14.1. The van der Waals surface area contributed by atoms with Crippen LogP contribution in [0.1, 0.15) is 18.5 Å². The summed E-state index contributed by atoms with van der Waals surface area (Å²) in [5, 5.41) is 21.5. The van der Waals surface area contributed by atoms with Crippen LogP contribution in [0.5, 0.6) is 5.75 Å². The molecule has 1 aromatic carbocycles. The maximum absolute atomic E-state index is 9.33. The van der Waals surface area contributed by atoms with Crippen LogP contribution in [-0.2, 0) is 0 Å². The van der Waals surface area contributed by atoms with Crippen LogP contribution in [-0.4, -0.2) is 48.1 Å². The zero-order valence-electron chi connectivity index (χ0n) is 11.5.